The van der Waals surface area contributed by atoms with E-state index in [2.05, 4.69) is 17.6 Å². The largest absolute Gasteiger partial charge is 0.244 e. The molecule has 2 rings (SSSR count). The van der Waals surface area contributed by atoms with Gasteiger partial charge in [-0.1, -0.05) is 47.7 Å². The van der Waals surface area contributed by atoms with Crippen LogP contribution in [0, 0.1) is 18.8 Å². The van der Waals surface area contributed by atoms with Crippen molar-refractivity contribution in [1.82, 2.24) is 4.31 Å². The third-order valence-corrected chi connectivity index (χ3v) is 5.43. The van der Waals surface area contributed by atoms with Gasteiger partial charge in [0.2, 0.25) is 10.0 Å². The number of hydrogen-bond donors (Lipinski definition) is 0. The average molecular weight is 365 g/mol. The molecule has 0 fully saturated rings. The molecule has 0 saturated heterocycles. The van der Waals surface area contributed by atoms with Crippen LogP contribution in [0.4, 0.5) is 0 Å². The molecule has 0 bridgehead atoms. The number of hydrogen-bond acceptors (Lipinski definition) is 2. The maximum atomic E-state index is 13.0. The summed E-state index contributed by atoms with van der Waals surface area (Å²) < 4.78 is 27.3. The van der Waals surface area contributed by atoms with Gasteiger partial charge in [-0.25, -0.2) is 8.42 Å². The summed E-state index contributed by atoms with van der Waals surface area (Å²) in [7, 11) is -3.62. The van der Waals surface area contributed by atoms with Gasteiger partial charge in [-0.05, 0) is 56.7 Å². The molecular weight excluding hydrogens is 342 g/mol. The van der Waals surface area contributed by atoms with Crippen molar-refractivity contribution < 1.29 is 8.42 Å². The Morgan fingerprint density at radius 1 is 1.04 bits per heavy atom. The lowest BCUT2D eigenvalue weighted by molar-refractivity contribution is 0.478. The van der Waals surface area contributed by atoms with E-state index in [1.165, 1.54) is 4.31 Å². The normalized spacial score (nSPS) is 10.6. The fourth-order valence-electron chi connectivity index (χ4n) is 2.21. The van der Waals surface area contributed by atoms with E-state index in [1.54, 1.807) is 30.3 Å². The zero-order valence-electron chi connectivity index (χ0n) is 15.4. The predicted molar refractivity (Wildman–Crippen MR) is 106 cm³/mol. The van der Waals surface area contributed by atoms with Gasteiger partial charge in [-0.3, -0.25) is 0 Å². The first kappa shape index (κ1) is 19.8. The van der Waals surface area contributed by atoms with Crippen LogP contribution in [0.2, 0.25) is 0 Å². The summed E-state index contributed by atoms with van der Waals surface area (Å²) >= 11 is 0. The van der Waals surface area contributed by atoms with Crippen LogP contribution < -0.4 is 0 Å². The highest BCUT2D eigenvalue weighted by Gasteiger charge is 2.22. The predicted octanol–water partition coefficient (Wildman–Crippen LogP) is 4.16. The molecule has 0 aliphatic rings. The lowest BCUT2D eigenvalue weighted by Crippen LogP contribution is -2.31. The minimum atomic E-state index is -3.62. The Balaban J connectivity index is 2.29. The van der Waals surface area contributed by atoms with Gasteiger partial charge in [-0.15, -0.1) is 5.73 Å². The van der Waals surface area contributed by atoms with E-state index < -0.39 is 10.0 Å². The summed E-state index contributed by atoms with van der Waals surface area (Å²) in [5, 5.41) is 0. The molecule has 0 unspecified atom stereocenters. The molecular formula is C22H23NO2S. The van der Waals surface area contributed by atoms with Crippen LogP contribution in [-0.2, 0) is 10.0 Å². The zero-order chi connectivity index (χ0) is 19.0. The molecule has 4 heteroatoms. The molecule has 2 aromatic rings. The number of benzene rings is 2. The molecule has 134 valence electrons. The van der Waals surface area contributed by atoms with Gasteiger partial charge < -0.3 is 0 Å². The van der Waals surface area contributed by atoms with Gasteiger partial charge in [0, 0.05) is 12.1 Å². The highest BCUT2D eigenvalue weighted by Crippen LogP contribution is 2.16. The van der Waals surface area contributed by atoms with E-state index in [1.807, 2.05) is 51.1 Å². The van der Waals surface area contributed by atoms with Gasteiger partial charge in [-0.2, -0.15) is 4.31 Å². The van der Waals surface area contributed by atoms with E-state index >= 15 is 0 Å². The molecule has 0 aliphatic carbocycles. The molecule has 0 radical (unpaired) electrons. The minimum Gasteiger partial charge on any atom is -0.207 e. The van der Waals surface area contributed by atoms with Crippen LogP contribution in [0.3, 0.4) is 0 Å². The van der Waals surface area contributed by atoms with Crippen LogP contribution in [0.5, 0.6) is 0 Å². The van der Waals surface area contributed by atoms with Crippen LogP contribution >= 0.6 is 0 Å². The van der Waals surface area contributed by atoms with Crippen LogP contribution in [0.25, 0.3) is 0 Å². The maximum absolute atomic E-state index is 13.0. The lowest BCUT2D eigenvalue weighted by Gasteiger charge is -2.18. The summed E-state index contributed by atoms with van der Waals surface area (Å²) in [5.74, 6) is 5.98. The summed E-state index contributed by atoms with van der Waals surface area (Å²) in [5.41, 5.74) is 5.93. The maximum Gasteiger partial charge on any atom is 0.244 e. The molecule has 0 atom stereocenters. The molecule has 0 N–H and O–H groups in total. The van der Waals surface area contributed by atoms with Crippen molar-refractivity contribution in [3.63, 3.8) is 0 Å². The highest BCUT2D eigenvalue weighted by atomic mass is 32.2. The van der Waals surface area contributed by atoms with E-state index in [-0.39, 0.29) is 18.0 Å². The fourth-order valence-corrected chi connectivity index (χ4v) is 3.49. The molecule has 0 aliphatic heterocycles. The van der Waals surface area contributed by atoms with Crippen LogP contribution in [0.15, 0.2) is 76.9 Å². The van der Waals surface area contributed by atoms with Gasteiger partial charge in [0.1, 0.15) is 0 Å². The van der Waals surface area contributed by atoms with E-state index in [4.69, 9.17) is 0 Å². The molecule has 0 saturated carbocycles. The van der Waals surface area contributed by atoms with Crippen molar-refractivity contribution in [2.75, 3.05) is 13.1 Å². The number of aryl methyl sites for hydroxylation is 1. The van der Waals surface area contributed by atoms with Crippen molar-refractivity contribution in [3.8, 4) is 11.8 Å². The first-order valence-electron chi connectivity index (χ1n) is 8.39. The van der Waals surface area contributed by atoms with Crippen molar-refractivity contribution >= 4 is 10.0 Å². The number of sulfonamides is 1. The topological polar surface area (TPSA) is 37.4 Å². The first-order valence-corrected chi connectivity index (χ1v) is 9.83. The van der Waals surface area contributed by atoms with Crippen molar-refractivity contribution in [2.24, 2.45) is 0 Å². The summed E-state index contributed by atoms with van der Waals surface area (Å²) in [6.07, 6.45) is 1.73. The summed E-state index contributed by atoms with van der Waals surface area (Å²) in [6, 6.07) is 16.4. The second-order valence-electron chi connectivity index (χ2n) is 6.13. The van der Waals surface area contributed by atoms with Crippen molar-refractivity contribution in [1.29, 1.82) is 0 Å². The summed E-state index contributed by atoms with van der Waals surface area (Å²) in [4.78, 5) is 0.273. The van der Waals surface area contributed by atoms with Gasteiger partial charge in [0.25, 0.3) is 0 Å². The second kappa shape index (κ2) is 9.22. The van der Waals surface area contributed by atoms with E-state index in [9.17, 15) is 8.42 Å². The summed E-state index contributed by atoms with van der Waals surface area (Å²) in [6.45, 7) is 6.11. The molecule has 0 amide bonds. The van der Waals surface area contributed by atoms with E-state index in [0.717, 1.165) is 16.7 Å². The standard InChI is InChI=1S/C22H23NO2S/c1-19(2)9-7-17-23(18-8-12-21-10-5-4-6-11-21)26(24,25)22-15-13-20(3)14-16-22/h4-7,10-11,13-16H,17-18H2,1-3H3. The zero-order valence-corrected chi connectivity index (χ0v) is 16.2. The number of rotatable bonds is 5. The van der Waals surface area contributed by atoms with Crippen molar-refractivity contribution in [2.45, 2.75) is 25.7 Å². The Morgan fingerprint density at radius 2 is 1.69 bits per heavy atom. The lowest BCUT2D eigenvalue weighted by atomic mass is 10.2. The van der Waals surface area contributed by atoms with E-state index in [0.29, 0.717) is 0 Å². The van der Waals surface area contributed by atoms with Crippen molar-refractivity contribution in [3.05, 3.63) is 83.1 Å². The Labute approximate surface area is 156 Å². The Hall–Kier alpha value is -2.57. The molecule has 0 spiro atoms. The van der Waals surface area contributed by atoms with Gasteiger partial charge in [0.05, 0.1) is 11.4 Å². The van der Waals surface area contributed by atoms with Crippen LogP contribution in [-0.4, -0.2) is 25.8 Å². The fraction of sp³-hybridized carbons (Fsp3) is 0.227. The molecule has 2 aromatic carbocycles. The Bertz CT molecular complexity index is 952. The molecule has 26 heavy (non-hydrogen) atoms. The Morgan fingerprint density at radius 3 is 2.31 bits per heavy atom. The highest BCUT2D eigenvalue weighted by molar-refractivity contribution is 7.89. The van der Waals surface area contributed by atoms with Gasteiger partial charge >= 0.3 is 0 Å². The third kappa shape index (κ3) is 5.75. The smallest absolute Gasteiger partial charge is 0.207 e. The number of nitrogens with zero attached hydrogens (tertiary/aromatic N) is 1. The van der Waals surface area contributed by atoms with Gasteiger partial charge in [0.15, 0.2) is 0 Å². The monoisotopic (exact) mass is 365 g/mol. The van der Waals surface area contributed by atoms with Crippen LogP contribution in [0.1, 0.15) is 25.0 Å². The molecule has 0 aromatic heterocycles. The molecule has 0 heterocycles. The third-order valence-electron chi connectivity index (χ3n) is 3.61. The Kier molecular flexibility index (Phi) is 7.00. The first-order chi connectivity index (χ1) is 12.4. The SMILES string of the molecule is CC(C)=C=CCN(CC#Cc1ccccc1)S(=O)(=O)c1ccc(C)cc1. The minimum absolute atomic E-state index is 0.117. The quantitative estimate of drug-likeness (QED) is 0.589. The average Bonchev–Trinajstić information content (AvgIpc) is 2.61. The molecule has 3 nitrogen and oxygen atoms in total. The second-order valence-corrected chi connectivity index (χ2v) is 8.06.